The zero-order valence-corrected chi connectivity index (χ0v) is 4.80. The van der Waals surface area contributed by atoms with Crippen molar-refractivity contribution < 1.29 is 14.3 Å². The average molecular weight is 133 g/mol. The van der Waals surface area contributed by atoms with Crippen LogP contribution in [0, 0.1) is 0 Å². The topological polar surface area (TPSA) is 49.3 Å². The van der Waals surface area contributed by atoms with Gasteiger partial charge in [-0.1, -0.05) is 0 Å². The van der Waals surface area contributed by atoms with E-state index in [0.717, 1.165) is 0 Å². The zero-order chi connectivity index (χ0) is 6.85. The van der Waals surface area contributed by atoms with Gasteiger partial charge in [0.2, 0.25) is 0 Å². The van der Waals surface area contributed by atoms with Crippen molar-refractivity contribution in [2.45, 2.75) is 25.1 Å². The van der Waals surface area contributed by atoms with Gasteiger partial charge in [-0.05, 0) is 12.8 Å². The summed E-state index contributed by atoms with van der Waals surface area (Å²) in [6.45, 7) is 0. The van der Waals surface area contributed by atoms with Gasteiger partial charge < -0.3 is 10.4 Å². The molecule has 52 valence electrons. The largest absolute Gasteiger partial charge is 0.465 e. The van der Waals surface area contributed by atoms with E-state index < -0.39 is 12.3 Å². The van der Waals surface area contributed by atoms with Crippen molar-refractivity contribution in [3.8, 4) is 0 Å². The summed E-state index contributed by atoms with van der Waals surface area (Å²) >= 11 is 0. The van der Waals surface area contributed by atoms with Crippen molar-refractivity contribution in [1.29, 1.82) is 0 Å². The number of halogens is 1. The normalized spacial score (nSPS) is 33.0. The lowest BCUT2D eigenvalue weighted by molar-refractivity contribution is 0.140. The minimum Gasteiger partial charge on any atom is -0.465 e. The van der Waals surface area contributed by atoms with Crippen LogP contribution in [0.25, 0.3) is 0 Å². The Morgan fingerprint density at radius 2 is 2.22 bits per heavy atom. The first-order valence-corrected chi connectivity index (χ1v) is 2.82. The van der Waals surface area contributed by atoms with Crippen LogP contribution in [0.5, 0.6) is 0 Å². The van der Waals surface area contributed by atoms with Crippen LogP contribution in [-0.4, -0.2) is 23.4 Å². The van der Waals surface area contributed by atoms with E-state index in [-0.39, 0.29) is 6.04 Å². The van der Waals surface area contributed by atoms with Crippen molar-refractivity contribution in [3.05, 3.63) is 0 Å². The molecule has 0 radical (unpaired) electrons. The van der Waals surface area contributed by atoms with E-state index in [2.05, 4.69) is 5.32 Å². The molecule has 0 heterocycles. The summed E-state index contributed by atoms with van der Waals surface area (Å²) in [4.78, 5) is 9.88. The second-order valence-electron chi connectivity index (χ2n) is 2.22. The first-order chi connectivity index (χ1) is 4.18. The fourth-order valence-corrected chi connectivity index (χ4v) is 0.841. The molecule has 0 bridgehead atoms. The smallest absolute Gasteiger partial charge is 0.404 e. The highest BCUT2D eigenvalue weighted by Crippen LogP contribution is 2.22. The van der Waals surface area contributed by atoms with E-state index in [1.54, 1.807) is 0 Å². The maximum Gasteiger partial charge on any atom is 0.404 e. The lowest BCUT2D eigenvalue weighted by atomic mass is 9.91. The predicted octanol–water partition coefficient (Wildman–Crippen LogP) is 0.754. The average Bonchev–Trinajstić information content (AvgIpc) is 1.60. The standard InChI is InChI=1S/C5H8FNO2/c6-3-1-4(2-3)7-5(8)9/h3-4,7H,1-2H2,(H,8,9). The van der Waals surface area contributed by atoms with Crippen LogP contribution in [0.1, 0.15) is 12.8 Å². The summed E-state index contributed by atoms with van der Waals surface area (Å²) in [5, 5.41) is 10.3. The summed E-state index contributed by atoms with van der Waals surface area (Å²) in [5.41, 5.74) is 0. The Bertz CT molecular complexity index is 122. The van der Waals surface area contributed by atoms with E-state index >= 15 is 0 Å². The molecule has 3 nitrogen and oxygen atoms in total. The quantitative estimate of drug-likeness (QED) is 0.554. The van der Waals surface area contributed by atoms with Crippen molar-refractivity contribution in [2.24, 2.45) is 0 Å². The molecule has 4 heteroatoms. The molecule has 1 fully saturated rings. The molecule has 0 aromatic heterocycles. The Balaban J connectivity index is 2.11. The molecular weight excluding hydrogens is 125 g/mol. The minimum atomic E-state index is -1.06. The molecule has 0 unspecified atom stereocenters. The number of nitrogens with one attached hydrogen (secondary N) is 1. The molecular formula is C5H8FNO2. The molecule has 1 aliphatic rings. The fourth-order valence-electron chi connectivity index (χ4n) is 0.841. The lowest BCUT2D eigenvalue weighted by Gasteiger charge is -2.28. The van der Waals surface area contributed by atoms with Gasteiger partial charge in [-0.15, -0.1) is 0 Å². The van der Waals surface area contributed by atoms with Crippen LogP contribution in [-0.2, 0) is 0 Å². The Morgan fingerprint density at radius 1 is 1.67 bits per heavy atom. The first-order valence-electron chi connectivity index (χ1n) is 2.82. The molecule has 0 atom stereocenters. The fraction of sp³-hybridized carbons (Fsp3) is 0.800. The number of carbonyl (C=O) groups is 1. The molecule has 0 saturated heterocycles. The van der Waals surface area contributed by atoms with Crippen molar-refractivity contribution >= 4 is 6.09 Å². The van der Waals surface area contributed by atoms with Gasteiger partial charge in [0.05, 0.1) is 0 Å². The maximum absolute atomic E-state index is 12.0. The molecule has 1 rings (SSSR count). The number of alkyl halides is 1. The summed E-state index contributed by atoms with van der Waals surface area (Å²) in [7, 11) is 0. The van der Waals surface area contributed by atoms with Crippen molar-refractivity contribution in [1.82, 2.24) is 5.32 Å². The molecule has 0 aromatic rings. The molecule has 9 heavy (non-hydrogen) atoms. The van der Waals surface area contributed by atoms with E-state index in [4.69, 9.17) is 5.11 Å². The van der Waals surface area contributed by atoms with E-state index in [9.17, 15) is 9.18 Å². The van der Waals surface area contributed by atoms with Gasteiger partial charge in [-0.3, -0.25) is 0 Å². The van der Waals surface area contributed by atoms with Crippen LogP contribution < -0.4 is 5.32 Å². The highest BCUT2D eigenvalue weighted by Gasteiger charge is 2.29. The third kappa shape index (κ3) is 1.55. The molecule has 1 saturated carbocycles. The summed E-state index contributed by atoms with van der Waals surface area (Å²) in [6.07, 6.45) is -1.17. The van der Waals surface area contributed by atoms with Gasteiger partial charge in [-0.2, -0.15) is 0 Å². The van der Waals surface area contributed by atoms with Crippen molar-refractivity contribution in [2.75, 3.05) is 0 Å². The Kier molecular flexibility index (Phi) is 1.55. The number of amides is 1. The molecule has 0 aromatic carbocycles. The highest BCUT2D eigenvalue weighted by atomic mass is 19.1. The third-order valence-electron chi connectivity index (χ3n) is 1.41. The second kappa shape index (κ2) is 2.21. The Labute approximate surface area is 51.9 Å². The van der Waals surface area contributed by atoms with Gasteiger partial charge in [0.15, 0.2) is 0 Å². The van der Waals surface area contributed by atoms with E-state index in [1.807, 2.05) is 0 Å². The first kappa shape index (κ1) is 6.32. The predicted molar refractivity (Wildman–Crippen MR) is 29.1 cm³/mol. The Morgan fingerprint density at radius 3 is 2.56 bits per heavy atom. The van der Waals surface area contributed by atoms with E-state index in [0.29, 0.717) is 12.8 Å². The van der Waals surface area contributed by atoms with Gasteiger partial charge >= 0.3 is 6.09 Å². The number of rotatable bonds is 1. The molecule has 1 aliphatic carbocycles. The van der Waals surface area contributed by atoms with Crippen molar-refractivity contribution in [3.63, 3.8) is 0 Å². The van der Waals surface area contributed by atoms with Crippen LogP contribution in [0.4, 0.5) is 9.18 Å². The Hall–Kier alpha value is -0.800. The molecule has 0 aliphatic heterocycles. The highest BCUT2D eigenvalue weighted by molar-refractivity contribution is 5.65. The van der Waals surface area contributed by atoms with Crippen LogP contribution >= 0.6 is 0 Å². The van der Waals surface area contributed by atoms with Gasteiger partial charge in [0, 0.05) is 6.04 Å². The monoisotopic (exact) mass is 133 g/mol. The van der Waals surface area contributed by atoms with Crippen LogP contribution in [0.15, 0.2) is 0 Å². The minimum absolute atomic E-state index is 0.141. The summed E-state index contributed by atoms with van der Waals surface area (Å²) in [6, 6.07) is -0.141. The second-order valence-corrected chi connectivity index (χ2v) is 2.22. The lowest BCUT2D eigenvalue weighted by Crippen LogP contribution is -2.44. The third-order valence-corrected chi connectivity index (χ3v) is 1.41. The SMILES string of the molecule is O=C(O)NC1CC(F)C1. The number of hydrogen-bond acceptors (Lipinski definition) is 1. The van der Waals surface area contributed by atoms with Gasteiger partial charge in [0.1, 0.15) is 6.17 Å². The summed E-state index contributed by atoms with van der Waals surface area (Å²) in [5.74, 6) is 0. The van der Waals surface area contributed by atoms with Gasteiger partial charge in [0.25, 0.3) is 0 Å². The molecule has 2 N–H and O–H groups in total. The van der Waals surface area contributed by atoms with E-state index in [1.165, 1.54) is 0 Å². The zero-order valence-electron chi connectivity index (χ0n) is 4.80. The molecule has 0 spiro atoms. The summed E-state index contributed by atoms with van der Waals surface area (Å²) < 4.78 is 12.0. The number of carboxylic acid groups (broad SMARTS) is 1. The maximum atomic E-state index is 12.0. The molecule has 1 amide bonds. The number of hydrogen-bond donors (Lipinski definition) is 2. The van der Waals surface area contributed by atoms with Gasteiger partial charge in [-0.25, -0.2) is 9.18 Å². The van der Waals surface area contributed by atoms with Crippen LogP contribution in [0.3, 0.4) is 0 Å². The van der Waals surface area contributed by atoms with Crippen LogP contribution in [0.2, 0.25) is 0 Å².